The topological polar surface area (TPSA) is 21.3 Å². The highest BCUT2D eigenvalue weighted by molar-refractivity contribution is 6.30. The first-order chi connectivity index (χ1) is 7.58. The van der Waals surface area contributed by atoms with Crippen molar-refractivity contribution >= 4 is 11.6 Å². The zero-order valence-electron chi connectivity index (χ0n) is 10.0. The Kier molecular flexibility index (Phi) is 3.13. The summed E-state index contributed by atoms with van der Waals surface area (Å²) in [5.41, 5.74) is 1.09. The van der Waals surface area contributed by atoms with Gasteiger partial charge in [0.2, 0.25) is 0 Å². The van der Waals surface area contributed by atoms with E-state index in [1.54, 1.807) is 0 Å². The Bertz CT molecular complexity index is 394. The molecule has 1 N–H and O–H groups in total. The lowest BCUT2D eigenvalue weighted by molar-refractivity contribution is 0.0455. The summed E-state index contributed by atoms with van der Waals surface area (Å²) in [5, 5.41) is 4.10. The lowest BCUT2D eigenvalue weighted by atomic mass is 9.87. The van der Waals surface area contributed by atoms with Crippen LogP contribution in [0.4, 0.5) is 0 Å². The van der Waals surface area contributed by atoms with Gasteiger partial charge in [-0.25, -0.2) is 0 Å². The van der Waals surface area contributed by atoms with E-state index in [1.807, 2.05) is 25.2 Å². The van der Waals surface area contributed by atoms with E-state index in [9.17, 15) is 0 Å². The van der Waals surface area contributed by atoms with E-state index in [1.165, 1.54) is 5.56 Å². The summed E-state index contributed by atoms with van der Waals surface area (Å²) in [5.74, 6) is 0.958. The van der Waals surface area contributed by atoms with Crippen LogP contribution in [0.3, 0.4) is 0 Å². The second-order valence-electron chi connectivity index (χ2n) is 4.63. The summed E-state index contributed by atoms with van der Waals surface area (Å²) in [6, 6.07) is 6.17. The van der Waals surface area contributed by atoms with Crippen molar-refractivity contribution in [2.75, 3.05) is 7.05 Å². The molecule has 2 nitrogen and oxygen atoms in total. The van der Waals surface area contributed by atoms with Gasteiger partial charge in [-0.2, -0.15) is 0 Å². The van der Waals surface area contributed by atoms with Crippen molar-refractivity contribution in [3.63, 3.8) is 0 Å². The molecule has 0 aliphatic carbocycles. The normalized spacial score (nSPS) is 28.4. The van der Waals surface area contributed by atoms with E-state index >= 15 is 0 Å². The highest BCUT2D eigenvalue weighted by atomic mass is 35.5. The van der Waals surface area contributed by atoms with Crippen LogP contribution in [0.5, 0.6) is 5.75 Å². The summed E-state index contributed by atoms with van der Waals surface area (Å²) >= 11 is 6.02. The van der Waals surface area contributed by atoms with Crippen LogP contribution in [0.15, 0.2) is 18.2 Å². The molecule has 2 rings (SSSR count). The van der Waals surface area contributed by atoms with Crippen LogP contribution in [0.1, 0.15) is 38.3 Å². The van der Waals surface area contributed by atoms with Gasteiger partial charge in [0.05, 0.1) is 0 Å². The predicted molar refractivity (Wildman–Crippen MR) is 67.2 cm³/mol. The molecule has 3 heteroatoms. The Balaban J connectivity index is 2.42. The van der Waals surface area contributed by atoms with Crippen LogP contribution in [0, 0.1) is 0 Å². The number of hydrogen-bond donors (Lipinski definition) is 1. The Morgan fingerprint density at radius 1 is 1.56 bits per heavy atom. The average molecular weight is 240 g/mol. The van der Waals surface area contributed by atoms with Gasteiger partial charge in [0.1, 0.15) is 11.4 Å². The molecule has 0 saturated carbocycles. The van der Waals surface area contributed by atoms with Crippen molar-refractivity contribution in [1.82, 2.24) is 5.32 Å². The van der Waals surface area contributed by atoms with Crippen molar-refractivity contribution in [3.8, 4) is 5.75 Å². The van der Waals surface area contributed by atoms with E-state index in [0.717, 1.165) is 23.6 Å². The van der Waals surface area contributed by atoms with Gasteiger partial charge in [0.15, 0.2) is 0 Å². The van der Waals surface area contributed by atoms with E-state index in [2.05, 4.69) is 19.2 Å². The van der Waals surface area contributed by atoms with Crippen molar-refractivity contribution in [3.05, 3.63) is 28.8 Å². The molecule has 0 amide bonds. The number of fused-ring (bicyclic) bond motifs is 1. The fourth-order valence-corrected chi connectivity index (χ4v) is 2.39. The second kappa shape index (κ2) is 4.27. The first-order valence-corrected chi connectivity index (χ1v) is 6.11. The summed E-state index contributed by atoms with van der Waals surface area (Å²) in [6.45, 7) is 4.32. The molecule has 0 fully saturated rings. The van der Waals surface area contributed by atoms with Crippen LogP contribution >= 0.6 is 11.6 Å². The molecular formula is C13H18ClNO. The fraction of sp³-hybridized carbons (Fsp3) is 0.538. The van der Waals surface area contributed by atoms with Crippen molar-refractivity contribution < 1.29 is 4.74 Å². The molecule has 1 aromatic carbocycles. The number of hydrogen-bond acceptors (Lipinski definition) is 2. The second-order valence-corrected chi connectivity index (χ2v) is 5.07. The summed E-state index contributed by atoms with van der Waals surface area (Å²) < 4.78 is 6.06. The van der Waals surface area contributed by atoms with Gasteiger partial charge in [-0.05, 0) is 38.6 Å². The van der Waals surface area contributed by atoms with E-state index in [0.29, 0.717) is 6.04 Å². The zero-order valence-corrected chi connectivity index (χ0v) is 10.8. The van der Waals surface area contributed by atoms with Crippen LogP contribution in [0.2, 0.25) is 5.02 Å². The first-order valence-electron chi connectivity index (χ1n) is 5.74. The Labute approximate surface area is 102 Å². The zero-order chi connectivity index (χ0) is 11.8. The van der Waals surface area contributed by atoms with Gasteiger partial charge in [-0.3, -0.25) is 0 Å². The Morgan fingerprint density at radius 3 is 2.94 bits per heavy atom. The lowest BCUT2D eigenvalue weighted by Gasteiger charge is -2.39. The molecule has 2 unspecified atom stereocenters. The minimum atomic E-state index is -0.0749. The van der Waals surface area contributed by atoms with Crippen LogP contribution < -0.4 is 10.1 Å². The minimum absolute atomic E-state index is 0.0749. The maximum absolute atomic E-state index is 6.06. The maximum atomic E-state index is 6.06. The molecular weight excluding hydrogens is 222 g/mol. The van der Waals surface area contributed by atoms with Gasteiger partial charge < -0.3 is 10.1 Å². The molecule has 0 saturated heterocycles. The highest BCUT2D eigenvalue weighted by Gasteiger charge is 2.35. The van der Waals surface area contributed by atoms with E-state index in [-0.39, 0.29) is 5.60 Å². The fourth-order valence-electron chi connectivity index (χ4n) is 2.21. The quantitative estimate of drug-likeness (QED) is 0.852. The SMILES string of the molecule is CCC1(C)CC(NC)c2cc(Cl)ccc2O1. The average Bonchev–Trinajstić information content (AvgIpc) is 2.29. The van der Waals surface area contributed by atoms with Gasteiger partial charge in [0.25, 0.3) is 0 Å². The van der Waals surface area contributed by atoms with Crippen molar-refractivity contribution in [2.45, 2.75) is 38.3 Å². The van der Waals surface area contributed by atoms with Crippen LogP contribution in [-0.2, 0) is 0 Å². The van der Waals surface area contributed by atoms with E-state index < -0.39 is 0 Å². The van der Waals surface area contributed by atoms with Crippen molar-refractivity contribution in [1.29, 1.82) is 0 Å². The van der Waals surface area contributed by atoms with Crippen LogP contribution in [0.25, 0.3) is 0 Å². The summed E-state index contributed by atoms with van der Waals surface area (Å²) in [7, 11) is 1.98. The standard InChI is InChI=1S/C13H18ClNO/c1-4-13(2)8-11(15-3)10-7-9(14)5-6-12(10)16-13/h5-7,11,15H,4,8H2,1-3H3. The summed E-state index contributed by atoms with van der Waals surface area (Å²) in [6.07, 6.45) is 1.99. The van der Waals surface area contributed by atoms with Gasteiger partial charge in [0, 0.05) is 23.0 Å². The number of nitrogens with one attached hydrogen (secondary N) is 1. The molecule has 1 aliphatic heterocycles. The predicted octanol–water partition coefficient (Wildman–Crippen LogP) is 3.55. The molecule has 0 spiro atoms. The number of ether oxygens (including phenoxy) is 1. The summed E-state index contributed by atoms with van der Waals surface area (Å²) in [4.78, 5) is 0. The van der Waals surface area contributed by atoms with Gasteiger partial charge in [-0.15, -0.1) is 0 Å². The molecule has 0 radical (unpaired) electrons. The largest absolute Gasteiger partial charge is 0.487 e. The molecule has 0 bridgehead atoms. The monoisotopic (exact) mass is 239 g/mol. The number of halogens is 1. The Hall–Kier alpha value is -0.730. The first kappa shape index (κ1) is 11.7. The van der Waals surface area contributed by atoms with E-state index in [4.69, 9.17) is 16.3 Å². The molecule has 1 heterocycles. The number of benzene rings is 1. The number of rotatable bonds is 2. The molecule has 1 aromatic rings. The third-order valence-electron chi connectivity index (χ3n) is 3.44. The third-order valence-corrected chi connectivity index (χ3v) is 3.67. The minimum Gasteiger partial charge on any atom is -0.487 e. The van der Waals surface area contributed by atoms with Crippen molar-refractivity contribution in [2.24, 2.45) is 0 Å². The highest BCUT2D eigenvalue weighted by Crippen LogP contribution is 2.41. The smallest absolute Gasteiger partial charge is 0.125 e. The molecule has 2 atom stereocenters. The van der Waals surface area contributed by atoms with Gasteiger partial charge >= 0.3 is 0 Å². The molecule has 16 heavy (non-hydrogen) atoms. The molecule has 0 aromatic heterocycles. The molecule has 88 valence electrons. The Morgan fingerprint density at radius 2 is 2.31 bits per heavy atom. The third kappa shape index (κ3) is 2.04. The maximum Gasteiger partial charge on any atom is 0.125 e. The van der Waals surface area contributed by atoms with Crippen LogP contribution in [-0.4, -0.2) is 12.6 Å². The lowest BCUT2D eigenvalue weighted by Crippen LogP contribution is -2.40. The molecule has 1 aliphatic rings. The van der Waals surface area contributed by atoms with Gasteiger partial charge in [-0.1, -0.05) is 18.5 Å².